The molecule has 3 aromatic heterocycles. The summed E-state index contributed by atoms with van der Waals surface area (Å²) in [5, 5.41) is 1.29. The molecule has 0 saturated carbocycles. The zero-order chi connectivity index (χ0) is 29.0. The van der Waals surface area contributed by atoms with E-state index in [1.807, 2.05) is 25.1 Å². The van der Waals surface area contributed by atoms with E-state index in [4.69, 9.17) is 21.1 Å². The van der Waals surface area contributed by atoms with Crippen molar-refractivity contribution in [2.45, 2.75) is 40.1 Å². The standard InChI is InChI=1S/C29H26ClF3N4O3/c1-5-34-26(18(3)30)20-14-17(2)36-27-19(20)8-6-10-25(27)40-16-21-23(35-12-11-24(21)39-4)15-37-13-7-9-22(28(37)38)29(31,32)33/h5-14H,15-16H2,1-4H3/b26-18+,34-5-. The normalized spacial score (nSPS) is 12.6. The Hall–Kier alpha value is -4.18. The van der Waals surface area contributed by atoms with E-state index in [1.54, 1.807) is 32.2 Å². The number of benzene rings is 1. The second-order valence-electron chi connectivity index (χ2n) is 8.81. The van der Waals surface area contributed by atoms with E-state index in [1.165, 1.54) is 25.6 Å². The quantitative estimate of drug-likeness (QED) is 0.218. The van der Waals surface area contributed by atoms with Gasteiger partial charge in [0, 0.05) is 40.3 Å². The fourth-order valence-corrected chi connectivity index (χ4v) is 4.47. The molecule has 0 amide bonds. The molecule has 0 atom stereocenters. The first-order chi connectivity index (χ1) is 19.0. The van der Waals surface area contributed by atoms with E-state index < -0.39 is 17.3 Å². The van der Waals surface area contributed by atoms with Crippen LogP contribution in [0.5, 0.6) is 11.5 Å². The van der Waals surface area contributed by atoms with Crippen LogP contribution in [0.3, 0.4) is 0 Å². The number of aryl methyl sites for hydroxylation is 1. The minimum atomic E-state index is -4.77. The fourth-order valence-electron chi connectivity index (χ4n) is 4.32. The van der Waals surface area contributed by atoms with Crippen molar-refractivity contribution in [3.05, 3.63) is 98.3 Å². The van der Waals surface area contributed by atoms with Gasteiger partial charge in [0.05, 0.1) is 30.6 Å². The van der Waals surface area contributed by atoms with Gasteiger partial charge in [-0.15, -0.1) is 0 Å². The third-order valence-corrected chi connectivity index (χ3v) is 6.29. The van der Waals surface area contributed by atoms with Crippen LogP contribution in [0.4, 0.5) is 13.2 Å². The molecule has 4 aromatic rings. The van der Waals surface area contributed by atoms with Gasteiger partial charge < -0.3 is 14.0 Å². The van der Waals surface area contributed by atoms with Crippen molar-refractivity contribution in [1.29, 1.82) is 0 Å². The smallest absolute Gasteiger partial charge is 0.421 e. The molecule has 7 nitrogen and oxygen atoms in total. The average molecular weight is 571 g/mol. The predicted octanol–water partition coefficient (Wildman–Crippen LogP) is 6.77. The third-order valence-electron chi connectivity index (χ3n) is 6.11. The number of alkyl halides is 3. The molecule has 4 rings (SSSR count). The molecule has 0 aliphatic carbocycles. The molecule has 0 saturated heterocycles. The number of allylic oxidation sites excluding steroid dienone is 1. The van der Waals surface area contributed by atoms with Crippen LogP contribution < -0.4 is 15.0 Å². The zero-order valence-electron chi connectivity index (χ0n) is 22.2. The van der Waals surface area contributed by atoms with Crippen LogP contribution in [0.1, 0.15) is 41.9 Å². The van der Waals surface area contributed by atoms with Gasteiger partial charge in [-0.3, -0.25) is 14.8 Å². The average Bonchev–Trinajstić information content (AvgIpc) is 2.90. The lowest BCUT2D eigenvalue weighted by atomic mass is 10.0. The summed E-state index contributed by atoms with van der Waals surface area (Å²) in [6, 6.07) is 10.9. The molecular formula is C29H26ClF3N4O3. The Morgan fingerprint density at radius 2 is 1.95 bits per heavy atom. The van der Waals surface area contributed by atoms with Crippen LogP contribution in [0.2, 0.25) is 0 Å². The lowest BCUT2D eigenvalue weighted by Gasteiger charge is -2.17. The summed E-state index contributed by atoms with van der Waals surface area (Å²) in [4.78, 5) is 26.0. The second kappa shape index (κ2) is 11.9. The Labute approximate surface area is 233 Å². The minimum absolute atomic E-state index is 0.0472. The van der Waals surface area contributed by atoms with E-state index in [2.05, 4.69) is 15.0 Å². The van der Waals surface area contributed by atoms with Gasteiger partial charge in [0.15, 0.2) is 0 Å². The number of fused-ring (bicyclic) bond motifs is 1. The molecule has 0 radical (unpaired) electrons. The third kappa shape index (κ3) is 6.02. The summed E-state index contributed by atoms with van der Waals surface area (Å²) < 4.78 is 52.6. The molecule has 0 bridgehead atoms. The number of methoxy groups -OCH3 is 1. The summed E-state index contributed by atoms with van der Waals surface area (Å²) in [6.45, 7) is 5.16. The molecular weight excluding hydrogens is 545 g/mol. The Kier molecular flexibility index (Phi) is 8.58. The van der Waals surface area contributed by atoms with Gasteiger partial charge in [0.25, 0.3) is 5.56 Å². The molecule has 1 aromatic carbocycles. The van der Waals surface area contributed by atoms with Gasteiger partial charge in [-0.1, -0.05) is 23.7 Å². The summed E-state index contributed by atoms with van der Waals surface area (Å²) in [5.74, 6) is 0.873. The second-order valence-corrected chi connectivity index (χ2v) is 9.38. The van der Waals surface area contributed by atoms with Crippen molar-refractivity contribution in [2.75, 3.05) is 7.11 Å². The Morgan fingerprint density at radius 3 is 2.62 bits per heavy atom. The number of halogens is 4. The van der Waals surface area contributed by atoms with Crippen LogP contribution in [-0.2, 0) is 19.3 Å². The molecule has 40 heavy (non-hydrogen) atoms. The fraction of sp³-hybridized carbons (Fsp3) is 0.241. The maximum atomic E-state index is 13.3. The van der Waals surface area contributed by atoms with Crippen LogP contribution in [-0.4, -0.2) is 27.9 Å². The van der Waals surface area contributed by atoms with E-state index in [9.17, 15) is 18.0 Å². The SMILES string of the molecule is C/C=N\C(=C(/C)Cl)c1cc(C)nc2c(OCc3c(OC)ccnc3Cn3cccc(C(F)(F)F)c3=O)cccc12. The maximum Gasteiger partial charge on any atom is 0.421 e. The number of hydrogen-bond donors (Lipinski definition) is 0. The van der Waals surface area contributed by atoms with Crippen LogP contribution in [0.25, 0.3) is 16.6 Å². The van der Waals surface area contributed by atoms with Crippen LogP contribution >= 0.6 is 11.6 Å². The monoisotopic (exact) mass is 570 g/mol. The number of aromatic nitrogens is 3. The molecule has 11 heteroatoms. The van der Waals surface area contributed by atoms with Gasteiger partial charge in [-0.05, 0) is 51.1 Å². The molecule has 0 unspecified atom stereocenters. The van der Waals surface area contributed by atoms with Gasteiger partial charge in [0.1, 0.15) is 29.2 Å². The van der Waals surface area contributed by atoms with Crippen LogP contribution in [0, 0.1) is 6.92 Å². The molecule has 0 aliphatic heterocycles. The first-order valence-electron chi connectivity index (χ1n) is 12.2. The Bertz CT molecular complexity index is 1680. The molecule has 0 N–H and O–H groups in total. The Morgan fingerprint density at radius 1 is 1.18 bits per heavy atom. The van der Waals surface area contributed by atoms with Crippen molar-refractivity contribution >= 4 is 34.4 Å². The molecule has 0 aliphatic rings. The molecule has 0 fully saturated rings. The summed E-state index contributed by atoms with van der Waals surface area (Å²) >= 11 is 6.36. The van der Waals surface area contributed by atoms with Gasteiger partial charge in [-0.25, -0.2) is 4.98 Å². The lowest BCUT2D eigenvalue weighted by Crippen LogP contribution is -2.28. The number of aliphatic imine (C=N–C) groups is 1. The van der Waals surface area contributed by atoms with Crippen molar-refractivity contribution in [2.24, 2.45) is 4.99 Å². The highest BCUT2D eigenvalue weighted by Gasteiger charge is 2.34. The lowest BCUT2D eigenvalue weighted by molar-refractivity contribution is -0.138. The van der Waals surface area contributed by atoms with Crippen LogP contribution in [0.15, 0.2) is 69.7 Å². The number of nitrogens with zero attached hydrogens (tertiary/aromatic N) is 4. The highest BCUT2D eigenvalue weighted by Crippen LogP contribution is 2.34. The van der Waals surface area contributed by atoms with E-state index in [0.717, 1.165) is 27.3 Å². The van der Waals surface area contributed by atoms with E-state index in [-0.39, 0.29) is 13.2 Å². The van der Waals surface area contributed by atoms with Gasteiger partial charge in [-0.2, -0.15) is 13.2 Å². The number of para-hydroxylation sites is 1. The van der Waals surface area contributed by atoms with Crippen molar-refractivity contribution in [3.8, 4) is 11.5 Å². The largest absolute Gasteiger partial charge is 0.496 e. The molecule has 0 spiro atoms. The number of pyridine rings is 3. The summed E-state index contributed by atoms with van der Waals surface area (Å²) in [6.07, 6.45) is -0.367. The van der Waals surface area contributed by atoms with Crippen molar-refractivity contribution < 1.29 is 22.6 Å². The zero-order valence-corrected chi connectivity index (χ0v) is 23.0. The molecule has 3 heterocycles. The first kappa shape index (κ1) is 28.8. The summed E-state index contributed by atoms with van der Waals surface area (Å²) in [7, 11) is 1.46. The number of ether oxygens (including phenoxy) is 2. The summed E-state index contributed by atoms with van der Waals surface area (Å²) in [5.41, 5.74) is 1.10. The minimum Gasteiger partial charge on any atom is -0.496 e. The number of rotatable bonds is 8. The highest BCUT2D eigenvalue weighted by atomic mass is 35.5. The number of hydrogen-bond acceptors (Lipinski definition) is 6. The maximum absolute atomic E-state index is 13.3. The van der Waals surface area contributed by atoms with E-state index in [0.29, 0.717) is 39.0 Å². The van der Waals surface area contributed by atoms with Crippen molar-refractivity contribution in [3.63, 3.8) is 0 Å². The van der Waals surface area contributed by atoms with Gasteiger partial charge >= 0.3 is 6.18 Å². The van der Waals surface area contributed by atoms with E-state index >= 15 is 0 Å². The predicted molar refractivity (Wildman–Crippen MR) is 149 cm³/mol. The Balaban J connectivity index is 1.75. The highest BCUT2D eigenvalue weighted by molar-refractivity contribution is 6.32. The van der Waals surface area contributed by atoms with Crippen molar-refractivity contribution in [1.82, 2.24) is 14.5 Å². The first-order valence-corrected chi connectivity index (χ1v) is 12.6. The van der Waals surface area contributed by atoms with Gasteiger partial charge in [0.2, 0.25) is 0 Å². The molecule has 208 valence electrons. The topological polar surface area (TPSA) is 78.6 Å².